The Kier molecular flexibility index (Phi) is 4.09. The lowest BCUT2D eigenvalue weighted by molar-refractivity contribution is 0.0697. The predicted molar refractivity (Wildman–Crippen MR) is 77.1 cm³/mol. The average Bonchev–Trinajstić information content (AvgIpc) is 2.74. The van der Waals surface area contributed by atoms with E-state index in [0.717, 1.165) is 17.8 Å². The first-order valence-corrected chi connectivity index (χ1v) is 6.86. The van der Waals surface area contributed by atoms with Gasteiger partial charge in [0.1, 0.15) is 5.82 Å². The molecule has 2 unspecified atom stereocenters. The van der Waals surface area contributed by atoms with E-state index in [0.29, 0.717) is 11.9 Å². The van der Waals surface area contributed by atoms with E-state index in [-0.39, 0.29) is 17.7 Å². The maximum atomic E-state index is 11.0. The summed E-state index contributed by atoms with van der Waals surface area (Å²) in [5, 5.41) is 18.6. The largest absolute Gasteiger partial charge is 0.478 e. The van der Waals surface area contributed by atoms with Gasteiger partial charge in [-0.05, 0) is 38.5 Å². The fourth-order valence-electron chi connectivity index (χ4n) is 2.62. The number of imidazole rings is 1. The molecule has 0 amide bonds. The molecule has 0 bridgehead atoms. The third-order valence-corrected chi connectivity index (χ3v) is 3.45. The van der Waals surface area contributed by atoms with Crippen LogP contribution in [0.5, 0.6) is 0 Å². The first-order chi connectivity index (χ1) is 9.43. The molecule has 0 fully saturated rings. The van der Waals surface area contributed by atoms with E-state index in [4.69, 9.17) is 5.11 Å². The summed E-state index contributed by atoms with van der Waals surface area (Å²) in [4.78, 5) is 15.5. The Morgan fingerprint density at radius 1 is 1.40 bits per heavy atom. The van der Waals surface area contributed by atoms with Crippen molar-refractivity contribution in [1.82, 2.24) is 9.55 Å². The molecule has 0 aliphatic heterocycles. The van der Waals surface area contributed by atoms with Crippen molar-refractivity contribution in [2.75, 3.05) is 0 Å². The van der Waals surface area contributed by atoms with Crippen molar-refractivity contribution < 1.29 is 15.0 Å². The van der Waals surface area contributed by atoms with Crippen molar-refractivity contribution in [2.24, 2.45) is 0 Å². The minimum atomic E-state index is -0.948. The van der Waals surface area contributed by atoms with Crippen molar-refractivity contribution >= 4 is 17.0 Å². The molecule has 0 aliphatic rings. The van der Waals surface area contributed by atoms with Crippen molar-refractivity contribution in [3.8, 4) is 0 Å². The Hall–Kier alpha value is -1.88. The summed E-state index contributed by atoms with van der Waals surface area (Å²) in [5.41, 5.74) is 1.85. The first-order valence-electron chi connectivity index (χ1n) is 6.86. The van der Waals surface area contributed by atoms with Gasteiger partial charge in [-0.15, -0.1) is 0 Å². The highest BCUT2D eigenvalue weighted by Crippen LogP contribution is 2.25. The number of aromatic nitrogens is 2. The Morgan fingerprint density at radius 3 is 2.65 bits per heavy atom. The quantitative estimate of drug-likeness (QED) is 0.880. The van der Waals surface area contributed by atoms with E-state index in [2.05, 4.69) is 9.55 Å². The van der Waals surface area contributed by atoms with Gasteiger partial charge in [0.2, 0.25) is 0 Å². The molecule has 2 N–H and O–H groups in total. The Morgan fingerprint density at radius 2 is 2.10 bits per heavy atom. The Bertz CT molecular complexity index is 631. The maximum Gasteiger partial charge on any atom is 0.335 e. The Balaban J connectivity index is 2.55. The summed E-state index contributed by atoms with van der Waals surface area (Å²) in [7, 11) is 0. The Labute approximate surface area is 117 Å². The minimum absolute atomic E-state index is 0.116. The number of rotatable bonds is 5. The van der Waals surface area contributed by atoms with Crippen LogP contribution < -0.4 is 0 Å². The average molecular weight is 276 g/mol. The lowest BCUT2D eigenvalue weighted by Gasteiger charge is -2.18. The number of aryl methyl sites for hydroxylation is 1. The van der Waals surface area contributed by atoms with Crippen LogP contribution in [0.25, 0.3) is 11.0 Å². The zero-order chi connectivity index (χ0) is 14.9. The van der Waals surface area contributed by atoms with Crippen LogP contribution in [-0.4, -0.2) is 31.8 Å². The van der Waals surface area contributed by atoms with Crippen molar-refractivity contribution in [3.63, 3.8) is 0 Å². The standard InChI is InChI=1S/C15H20N2O3/c1-4-14-16-12-8-11(15(19)20)5-6-13(12)17(14)9(2)7-10(3)18/h5-6,8-10,18H,4,7H2,1-3H3,(H,19,20). The zero-order valence-corrected chi connectivity index (χ0v) is 12.0. The van der Waals surface area contributed by atoms with Gasteiger partial charge in [-0.3, -0.25) is 0 Å². The number of benzene rings is 1. The van der Waals surface area contributed by atoms with E-state index in [1.54, 1.807) is 25.1 Å². The van der Waals surface area contributed by atoms with Crippen LogP contribution >= 0.6 is 0 Å². The molecule has 0 saturated heterocycles. The normalized spacial score (nSPS) is 14.4. The first kappa shape index (κ1) is 14.5. The van der Waals surface area contributed by atoms with Crippen molar-refractivity contribution in [3.05, 3.63) is 29.6 Å². The second-order valence-corrected chi connectivity index (χ2v) is 5.19. The molecule has 0 radical (unpaired) electrons. The zero-order valence-electron chi connectivity index (χ0n) is 12.0. The number of aliphatic hydroxyl groups is 1. The second kappa shape index (κ2) is 5.63. The summed E-state index contributed by atoms with van der Waals surface area (Å²) in [5.74, 6) is -0.0350. The number of nitrogens with zero attached hydrogens (tertiary/aromatic N) is 2. The number of hydrogen-bond donors (Lipinski definition) is 2. The topological polar surface area (TPSA) is 75.3 Å². The summed E-state index contributed by atoms with van der Waals surface area (Å²) in [6, 6.07) is 5.11. The van der Waals surface area contributed by atoms with Crippen LogP contribution in [0.15, 0.2) is 18.2 Å². The SMILES string of the molecule is CCc1nc2cc(C(=O)O)ccc2n1C(C)CC(C)O. The van der Waals surface area contributed by atoms with Crippen LogP contribution in [0.1, 0.15) is 49.4 Å². The highest BCUT2D eigenvalue weighted by molar-refractivity contribution is 5.92. The molecule has 5 nitrogen and oxygen atoms in total. The molecule has 1 aromatic carbocycles. The molecular weight excluding hydrogens is 256 g/mol. The van der Waals surface area contributed by atoms with Gasteiger partial charge in [0, 0.05) is 12.5 Å². The number of aromatic carboxylic acids is 1. The predicted octanol–water partition coefficient (Wildman–Crippen LogP) is 2.63. The highest BCUT2D eigenvalue weighted by atomic mass is 16.4. The fourth-order valence-corrected chi connectivity index (χ4v) is 2.62. The van der Waals surface area contributed by atoms with Gasteiger partial charge in [0.05, 0.1) is 22.7 Å². The highest BCUT2D eigenvalue weighted by Gasteiger charge is 2.17. The third-order valence-electron chi connectivity index (χ3n) is 3.45. The number of fused-ring (bicyclic) bond motifs is 1. The second-order valence-electron chi connectivity index (χ2n) is 5.19. The van der Waals surface area contributed by atoms with E-state index in [1.165, 1.54) is 0 Å². The smallest absolute Gasteiger partial charge is 0.335 e. The summed E-state index contributed by atoms with van der Waals surface area (Å²) in [6.07, 6.45) is 1.02. The number of aliphatic hydroxyl groups excluding tert-OH is 1. The molecule has 108 valence electrons. The van der Waals surface area contributed by atoms with E-state index < -0.39 is 5.97 Å². The fraction of sp³-hybridized carbons (Fsp3) is 0.467. The summed E-state index contributed by atoms with van der Waals surface area (Å²) < 4.78 is 2.09. The molecule has 0 saturated carbocycles. The lowest BCUT2D eigenvalue weighted by atomic mass is 10.1. The third kappa shape index (κ3) is 2.67. The van der Waals surface area contributed by atoms with Gasteiger partial charge >= 0.3 is 5.97 Å². The van der Waals surface area contributed by atoms with Crippen LogP contribution in [0.4, 0.5) is 0 Å². The van der Waals surface area contributed by atoms with Crippen molar-refractivity contribution in [2.45, 2.75) is 45.8 Å². The molecule has 1 aromatic heterocycles. The molecule has 20 heavy (non-hydrogen) atoms. The van der Waals surface area contributed by atoms with Gasteiger partial charge in [-0.1, -0.05) is 6.92 Å². The lowest BCUT2D eigenvalue weighted by Crippen LogP contribution is -2.14. The number of hydrogen-bond acceptors (Lipinski definition) is 3. The van der Waals surface area contributed by atoms with Gasteiger partial charge in [-0.25, -0.2) is 9.78 Å². The monoisotopic (exact) mass is 276 g/mol. The molecule has 2 aromatic rings. The van der Waals surface area contributed by atoms with E-state index in [9.17, 15) is 9.90 Å². The molecule has 2 rings (SSSR count). The van der Waals surface area contributed by atoms with Gasteiger partial charge in [0.15, 0.2) is 0 Å². The van der Waals surface area contributed by atoms with Crippen LogP contribution in [0.3, 0.4) is 0 Å². The molecule has 2 atom stereocenters. The molecule has 5 heteroatoms. The molecule has 0 aliphatic carbocycles. The van der Waals surface area contributed by atoms with E-state index >= 15 is 0 Å². The number of carboxylic acid groups (broad SMARTS) is 1. The van der Waals surface area contributed by atoms with Crippen LogP contribution in [0.2, 0.25) is 0 Å². The van der Waals surface area contributed by atoms with Crippen LogP contribution in [0, 0.1) is 0 Å². The summed E-state index contributed by atoms with van der Waals surface area (Å²) in [6.45, 7) is 5.83. The van der Waals surface area contributed by atoms with Gasteiger partial charge in [-0.2, -0.15) is 0 Å². The van der Waals surface area contributed by atoms with Gasteiger partial charge in [0.25, 0.3) is 0 Å². The van der Waals surface area contributed by atoms with Gasteiger partial charge < -0.3 is 14.8 Å². The molecule has 1 heterocycles. The maximum absolute atomic E-state index is 11.0. The summed E-state index contributed by atoms with van der Waals surface area (Å²) >= 11 is 0. The minimum Gasteiger partial charge on any atom is -0.478 e. The molecular formula is C15H20N2O3. The van der Waals surface area contributed by atoms with E-state index in [1.807, 2.05) is 13.8 Å². The van der Waals surface area contributed by atoms with Crippen LogP contribution in [-0.2, 0) is 6.42 Å². The number of carboxylic acids is 1. The molecule has 0 spiro atoms. The number of carbonyl (C=O) groups is 1. The van der Waals surface area contributed by atoms with Crippen molar-refractivity contribution in [1.29, 1.82) is 0 Å².